The van der Waals surface area contributed by atoms with Crippen molar-refractivity contribution >= 4 is 11.6 Å². The summed E-state index contributed by atoms with van der Waals surface area (Å²) in [6, 6.07) is 7.84. The zero-order valence-corrected chi connectivity index (χ0v) is 11.3. The van der Waals surface area contributed by atoms with Gasteiger partial charge in [-0.25, -0.2) is 0 Å². The van der Waals surface area contributed by atoms with Gasteiger partial charge in [0, 0.05) is 41.2 Å². The molecular formula is C16H16N2O2. The van der Waals surface area contributed by atoms with Gasteiger partial charge in [-0.2, -0.15) is 0 Å². The number of nitrogens with zero attached hydrogens (tertiary/aromatic N) is 1. The Morgan fingerprint density at radius 2 is 2.20 bits per heavy atom. The maximum absolute atomic E-state index is 11.5. The molecule has 102 valence electrons. The van der Waals surface area contributed by atoms with Crippen molar-refractivity contribution in [3.05, 3.63) is 42.2 Å². The second kappa shape index (κ2) is 5.33. The van der Waals surface area contributed by atoms with Crippen LogP contribution in [-0.2, 0) is 11.2 Å². The van der Waals surface area contributed by atoms with Gasteiger partial charge in [0.1, 0.15) is 5.75 Å². The maximum Gasteiger partial charge on any atom is 0.224 e. The molecule has 1 N–H and O–H groups in total. The number of rotatable bonds is 3. The fourth-order valence-electron chi connectivity index (χ4n) is 2.50. The number of hydrogen-bond acceptors (Lipinski definition) is 3. The van der Waals surface area contributed by atoms with Crippen molar-refractivity contribution in [1.29, 1.82) is 0 Å². The molecule has 4 heteroatoms. The molecule has 2 aromatic rings. The molecule has 20 heavy (non-hydrogen) atoms. The molecule has 4 nitrogen and oxygen atoms in total. The van der Waals surface area contributed by atoms with E-state index in [1.807, 2.05) is 37.4 Å². The number of fused-ring (bicyclic) bond motifs is 1. The summed E-state index contributed by atoms with van der Waals surface area (Å²) in [5.41, 5.74) is 3.98. The van der Waals surface area contributed by atoms with Crippen LogP contribution >= 0.6 is 0 Å². The van der Waals surface area contributed by atoms with Gasteiger partial charge in [-0.1, -0.05) is 6.07 Å². The molecule has 1 aromatic carbocycles. The molecule has 3 rings (SSSR count). The van der Waals surface area contributed by atoms with Crippen LogP contribution in [-0.4, -0.2) is 17.5 Å². The van der Waals surface area contributed by atoms with Crippen molar-refractivity contribution in [1.82, 2.24) is 4.98 Å². The van der Waals surface area contributed by atoms with Gasteiger partial charge in [-0.3, -0.25) is 9.78 Å². The molecule has 0 aliphatic carbocycles. The number of carbonyl (C=O) groups excluding carboxylic acids is 1. The lowest BCUT2D eigenvalue weighted by Crippen LogP contribution is -2.19. The van der Waals surface area contributed by atoms with Crippen LogP contribution in [0.4, 0.5) is 5.69 Å². The number of pyridine rings is 1. The van der Waals surface area contributed by atoms with Crippen molar-refractivity contribution in [2.75, 3.05) is 11.9 Å². The highest BCUT2D eigenvalue weighted by atomic mass is 16.5. The normalized spacial score (nSPS) is 13.6. The fraction of sp³-hybridized carbons (Fsp3) is 0.250. The van der Waals surface area contributed by atoms with Gasteiger partial charge in [-0.05, 0) is 31.5 Å². The number of amides is 1. The lowest BCUT2D eigenvalue weighted by atomic mass is 9.96. The molecule has 0 bridgehead atoms. The highest BCUT2D eigenvalue weighted by molar-refractivity contribution is 5.95. The zero-order chi connectivity index (χ0) is 13.9. The van der Waals surface area contributed by atoms with E-state index in [9.17, 15) is 4.79 Å². The Hall–Kier alpha value is -2.36. The van der Waals surface area contributed by atoms with E-state index in [0.717, 1.165) is 28.1 Å². The van der Waals surface area contributed by atoms with Crippen molar-refractivity contribution in [2.45, 2.75) is 19.8 Å². The third-order valence-corrected chi connectivity index (χ3v) is 3.40. The van der Waals surface area contributed by atoms with E-state index in [-0.39, 0.29) is 5.91 Å². The Morgan fingerprint density at radius 1 is 1.30 bits per heavy atom. The highest BCUT2D eigenvalue weighted by Crippen LogP contribution is 2.39. The molecule has 1 aliphatic rings. The topological polar surface area (TPSA) is 51.2 Å². The van der Waals surface area contributed by atoms with Gasteiger partial charge < -0.3 is 10.1 Å². The number of hydrogen-bond donors (Lipinski definition) is 1. The minimum atomic E-state index is 0.0640. The van der Waals surface area contributed by atoms with Crippen LogP contribution in [0.3, 0.4) is 0 Å². The van der Waals surface area contributed by atoms with E-state index in [1.165, 1.54) is 0 Å². The molecular weight excluding hydrogens is 252 g/mol. The van der Waals surface area contributed by atoms with Gasteiger partial charge in [0.2, 0.25) is 5.91 Å². The first kappa shape index (κ1) is 12.7. The minimum absolute atomic E-state index is 0.0640. The molecule has 0 radical (unpaired) electrons. The number of aromatic nitrogens is 1. The summed E-state index contributed by atoms with van der Waals surface area (Å²) in [6.07, 6.45) is 4.79. The first-order valence-corrected chi connectivity index (χ1v) is 6.78. The van der Waals surface area contributed by atoms with Crippen molar-refractivity contribution < 1.29 is 9.53 Å². The second-order valence-corrected chi connectivity index (χ2v) is 4.69. The number of carbonyl (C=O) groups is 1. The Kier molecular flexibility index (Phi) is 3.37. The predicted octanol–water partition coefficient (Wildman–Crippen LogP) is 3.03. The van der Waals surface area contributed by atoms with Crippen molar-refractivity contribution in [3.63, 3.8) is 0 Å². The van der Waals surface area contributed by atoms with Crippen LogP contribution in [0.2, 0.25) is 0 Å². The van der Waals surface area contributed by atoms with Crippen LogP contribution in [0, 0.1) is 0 Å². The van der Waals surface area contributed by atoms with E-state index in [2.05, 4.69) is 10.3 Å². The largest absolute Gasteiger partial charge is 0.493 e. The summed E-state index contributed by atoms with van der Waals surface area (Å²) in [5.74, 6) is 0.923. The summed E-state index contributed by atoms with van der Waals surface area (Å²) in [7, 11) is 0. The van der Waals surface area contributed by atoms with Crippen LogP contribution < -0.4 is 10.1 Å². The molecule has 0 saturated carbocycles. The smallest absolute Gasteiger partial charge is 0.224 e. The Labute approximate surface area is 117 Å². The Morgan fingerprint density at radius 3 is 2.95 bits per heavy atom. The molecule has 0 unspecified atom stereocenters. The van der Waals surface area contributed by atoms with Crippen LogP contribution in [0.25, 0.3) is 11.1 Å². The van der Waals surface area contributed by atoms with E-state index in [4.69, 9.17) is 4.74 Å². The lowest BCUT2D eigenvalue weighted by Gasteiger charge is -2.22. The van der Waals surface area contributed by atoms with Crippen LogP contribution in [0.15, 0.2) is 36.7 Å². The van der Waals surface area contributed by atoms with E-state index in [0.29, 0.717) is 19.4 Å². The SMILES string of the molecule is CCOc1c(-c2cccnc2)ccc2c1CCC(=O)N2. The second-order valence-electron chi connectivity index (χ2n) is 4.69. The summed E-state index contributed by atoms with van der Waals surface area (Å²) in [5, 5.41) is 2.90. The van der Waals surface area contributed by atoms with Gasteiger partial charge >= 0.3 is 0 Å². The van der Waals surface area contributed by atoms with Gasteiger partial charge in [0.25, 0.3) is 0 Å². The Bertz CT molecular complexity index is 638. The summed E-state index contributed by atoms with van der Waals surface area (Å²) < 4.78 is 5.85. The van der Waals surface area contributed by atoms with E-state index in [1.54, 1.807) is 6.20 Å². The molecule has 0 fully saturated rings. The van der Waals surface area contributed by atoms with Gasteiger partial charge in [-0.15, -0.1) is 0 Å². The number of anilines is 1. The average Bonchev–Trinajstić information content (AvgIpc) is 2.48. The molecule has 1 aliphatic heterocycles. The summed E-state index contributed by atoms with van der Waals surface area (Å²) in [6.45, 7) is 2.56. The lowest BCUT2D eigenvalue weighted by molar-refractivity contribution is -0.116. The third kappa shape index (κ3) is 2.25. The first-order chi connectivity index (χ1) is 9.79. The van der Waals surface area contributed by atoms with E-state index < -0.39 is 0 Å². The standard InChI is InChI=1S/C16H16N2O2/c1-2-20-16-12(11-4-3-9-17-10-11)5-7-14-13(16)6-8-15(19)18-14/h3-5,7,9-10H,2,6,8H2,1H3,(H,18,19). The Balaban J connectivity index is 2.14. The van der Waals surface area contributed by atoms with Gasteiger partial charge in [0.05, 0.1) is 6.61 Å². The number of ether oxygens (including phenoxy) is 1. The zero-order valence-electron chi connectivity index (χ0n) is 11.3. The highest BCUT2D eigenvalue weighted by Gasteiger charge is 2.21. The average molecular weight is 268 g/mol. The van der Waals surface area contributed by atoms with Gasteiger partial charge in [0.15, 0.2) is 0 Å². The molecule has 1 aromatic heterocycles. The van der Waals surface area contributed by atoms with E-state index >= 15 is 0 Å². The van der Waals surface area contributed by atoms with Crippen molar-refractivity contribution in [3.8, 4) is 16.9 Å². The molecule has 0 saturated heterocycles. The molecule has 0 atom stereocenters. The first-order valence-electron chi connectivity index (χ1n) is 6.78. The van der Waals surface area contributed by atoms with Crippen molar-refractivity contribution in [2.24, 2.45) is 0 Å². The number of benzene rings is 1. The maximum atomic E-state index is 11.5. The quantitative estimate of drug-likeness (QED) is 0.930. The third-order valence-electron chi connectivity index (χ3n) is 3.40. The summed E-state index contributed by atoms with van der Waals surface area (Å²) in [4.78, 5) is 15.6. The summed E-state index contributed by atoms with van der Waals surface area (Å²) >= 11 is 0. The number of nitrogens with one attached hydrogen (secondary N) is 1. The predicted molar refractivity (Wildman–Crippen MR) is 77.8 cm³/mol. The van der Waals surface area contributed by atoms with Crippen LogP contribution in [0.1, 0.15) is 18.9 Å². The molecule has 1 amide bonds. The fourth-order valence-corrected chi connectivity index (χ4v) is 2.50. The molecule has 0 spiro atoms. The molecule has 2 heterocycles. The van der Waals surface area contributed by atoms with Crippen LogP contribution in [0.5, 0.6) is 5.75 Å². The minimum Gasteiger partial charge on any atom is -0.493 e. The monoisotopic (exact) mass is 268 g/mol.